The van der Waals surface area contributed by atoms with Crippen LogP contribution in [0.1, 0.15) is 6.92 Å². The SMILES string of the molecule is CSc1ccccc1NC(C)CS(C)(=O)=O. The van der Waals surface area contributed by atoms with Gasteiger partial charge in [0.1, 0.15) is 9.84 Å². The average Bonchev–Trinajstić information content (AvgIpc) is 2.15. The van der Waals surface area contributed by atoms with E-state index in [1.54, 1.807) is 11.8 Å². The number of benzene rings is 1. The molecule has 1 aromatic rings. The van der Waals surface area contributed by atoms with Crippen LogP contribution in [-0.4, -0.2) is 32.7 Å². The molecule has 0 heterocycles. The molecule has 0 saturated heterocycles. The lowest BCUT2D eigenvalue weighted by Crippen LogP contribution is -2.25. The summed E-state index contributed by atoms with van der Waals surface area (Å²) in [6, 6.07) is 7.81. The third-order valence-electron chi connectivity index (χ3n) is 2.06. The highest BCUT2D eigenvalue weighted by molar-refractivity contribution is 7.98. The molecule has 1 aromatic carbocycles. The second-order valence-corrected chi connectivity index (χ2v) is 6.87. The highest BCUT2D eigenvalue weighted by atomic mass is 32.2. The molecule has 0 bridgehead atoms. The number of hydrogen-bond donors (Lipinski definition) is 1. The van der Waals surface area contributed by atoms with Gasteiger partial charge in [-0.3, -0.25) is 0 Å². The first-order chi connectivity index (χ1) is 7.42. The van der Waals surface area contributed by atoms with Gasteiger partial charge in [0.25, 0.3) is 0 Å². The van der Waals surface area contributed by atoms with Gasteiger partial charge in [-0.2, -0.15) is 0 Å². The van der Waals surface area contributed by atoms with Crippen molar-refractivity contribution >= 4 is 27.3 Å². The molecule has 0 aliphatic rings. The van der Waals surface area contributed by atoms with E-state index in [2.05, 4.69) is 5.32 Å². The zero-order chi connectivity index (χ0) is 12.2. The molecule has 0 radical (unpaired) electrons. The van der Waals surface area contributed by atoms with Crippen LogP contribution in [0.5, 0.6) is 0 Å². The highest BCUT2D eigenvalue weighted by Crippen LogP contribution is 2.25. The van der Waals surface area contributed by atoms with Crippen molar-refractivity contribution in [3.63, 3.8) is 0 Å². The Balaban J connectivity index is 2.73. The van der Waals surface area contributed by atoms with Crippen LogP contribution < -0.4 is 5.32 Å². The fraction of sp³-hybridized carbons (Fsp3) is 0.455. The van der Waals surface area contributed by atoms with Gasteiger partial charge < -0.3 is 5.32 Å². The third kappa shape index (κ3) is 4.45. The number of para-hydroxylation sites is 1. The van der Waals surface area contributed by atoms with Crippen molar-refractivity contribution in [1.29, 1.82) is 0 Å². The van der Waals surface area contributed by atoms with E-state index in [-0.39, 0.29) is 11.8 Å². The van der Waals surface area contributed by atoms with Crippen LogP contribution in [0.25, 0.3) is 0 Å². The van der Waals surface area contributed by atoms with Gasteiger partial charge in [-0.05, 0) is 25.3 Å². The third-order valence-corrected chi connectivity index (χ3v) is 3.96. The van der Waals surface area contributed by atoms with E-state index in [4.69, 9.17) is 0 Å². The number of hydrogen-bond acceptors (Lipinski definition) is 4. The van der Waals surface area contributed by atoms with Crippen LogP contribution in [0.15, 0.2) is 29.2 Å². The molecular weight excluding hydrogens is 242 g/mol. The molecule has 90 valence electrons. The van der Waals surface area contributed by atoms with Crippen LogP contribution >= 0.6 is 11.8 Å². The highest BCUT2D eigenvalue weighted by Gasteiger charge is 2.11. The fourth-order valence-electron chi connectivity index (χ4n) is 1.53. The first-order valence-corrected chi connectivity index (χ1v) is 8.28. The molecule has 1 N–H and O–H groups in total. The van der Waals surface area contributed by atoms with Crippen LogP contribution in [-0.2, 0) is 9.84 Å². The van der Waals surface area contributed by atoms with Crippen LogP contribution in [0, 0.1) is 0 Å². The maximum atomic E-state index is 11.1. The molecule has 3 nitrogen and oxygen atoms in total. The Kier molecular flexibility index (Phi) is 4.68. The molecule has 16 heavy (non-hydrogen) atoms. The van der Waals surface area contributed by atoms with Gasteiger partial charge in [-0.15, -0.1) is 11.8 Å². The molecule has 1 unspecified atom stereocenters. The average molecular weight is 259 g/mol. The Morgan fingerprint density at radius 3 is 2.56 bits per heavy atom. The maximum Gasteiger partial charge on any atom is 0.149 e. The van der Waals surface area contributed by atoms with E-state index >= 15 is 0 Å². The van der Waals surface area contributed by atoms with Crippen molar-refractivity contribution in [1.82, 2.24) is 0 Å². The summed E-state index contributed by atoms with van der Waals surface area (Å²) < 4.78 is 22.3. The van der Waals surface area contributed by atoms with E-state index in [0.29, 0.717) is 0 Å². The van der Waals surface area contributed by atoms with Gasteiger partial charge in [0, 0.05) is 22.9 Å². The summed E-state index contributed by atoms with van der Waals surface area (Å²) in [7, 11) is -2.93. The van der Waals surface area contributed by atoms with Crippen LogP contribution in [0.3, 0.4) is 0 Å². The quantitative estimate of drug-likeness (QED) is 0.824. The van der Waals surface area contributed by atoms with Crippen LogP contribution in [0.2, 0.25) is 0 Å². The second-order valence-electron chi connectivity index (χ2n) is 3.84. The van der Waals surface area contributed by atoms with Gasteiger partial charge in [-0.1, -0.05) is 12.1 Å². The Morgan fingerprint density at radius 1 is 1.38 bits per heavy atom. The monoisotopic (exact) mass is 259 g/mol. The maximum absolute atomic E-state index is 11.1. The Hall–Kier alpha value is -0.680. The molecule has 5 heteroatoms. The predicted molar refractivity (Wildman–Crippen MR) is 71.0 cm³/mol. The van der Waals surface area contributed by atoms with Crippen LogP contribution in [0.4, 0.5) is 5.69 Å². The van der Waals surface area contributed by atoms with Crippen molar-refractivity contribution in [3.05, 3.63) is 24.3 Å². The van der Waals surface area contributed by atoms with Gasteiger partial charge in [0.15, 0.2) is 0 Å². The van der Waals surface area contributed by atoms with E-state index in [0.717, 1.165) is 10.6 Å². The number of rotatable bonds is 5. The molecule has 1 rings (SSSR count). The minimum Gasteiger partial charge on any atom is -0.381 e. The van der Waals surface area contributed by atoms with Gasteiger partial charge >= 0.3 is 0 Å². The van der Waals surface area contributed by atoms with E-state index < -0.39 is 9.84 Å². The summed E-state index contributed by atoms with van der Waals surface area (Å²) in [5.41, 5.74) is 0.992. The zero-order valence-electron chi connectivity index (χ0n) is 9.73. The molecule has 1 atom stereocenters. The largest absolute Gasteiger partial charge is 0.381 e. The zero-order valence-corrected chi connectivity index (χ0v) is 11.4. The van der Waals surface area contributed by atoms with Crippen molar-refractivity contribution in [3.8, 4) is 0 Å². The summed E-state index contributed by atoms with van der Waals surface area (Å²) in [6.07, 6.45) is 3.26. The number of anilines is 1. The molecule has 0 aliphatic carbocycles. The molecule has 0 aliphatic heterocycles. The van der Waals surface area contributed by atoms with Crippen molar-refractivity contribution in [2.45, 2.75) is 17.9 Å². The van der Waals surface area contributed by atoms with Crippen molar-refractivity contribution in [2.24, 2.45) is 0 Å². The topological polar surface area (TPSA) is 46.2 Å². The number of nitrogens with one attached hydrogen (secondary N) is 1. The lowest BCUT2D eigenvalue weighted by Gasteiger charge is -2.16. The molecule has 0 fully saturated rings. The summed E-state index contributed by atoms with van der Waals surface area (Å²) in [4.78, 5) is 1.13. The second kappa shape index (κ2) is 5.59. The molecule has 0 saturated carbocycles. The molecule has 0 amide bonds. The Labute approximate surface area is 102 Å². The van der Waals surface area contributed by atoms with Crippen molar-refractivity contribution in [2.75, 3.05) is 23.6 Å². The first-order valence-electron chi connectivity index (χ1n) is 4.99. The van der Waals surface area contributed by atoms with Gasteiger partial charge in [0.05, 0.1) is 5.75 Å². The van der Waals surface area contributed by atoms with E-state index in [9.17, 15) is 8.42 Å². The predicted octanol–water partition coefficient (Wildman–Crippen LogP) is 2.25. The lowest BCUT2D eigenvalue weighted by molar-refractivity contribution is 0.598. The number of thioether (sulfide) groups is 1. The van der Waals surface area contributed by atoms with Crippen molar-refractivity contribution < 1.29 is 8.42 Å². The standard InChI is InChI=1S/C11H17NO2S2/c1-9(8-16(3,13)14)12-10-6-4-5-7-11(10)15-2/h4-7,9,12H,8H2,1-3H3. The lowest BCUT2D eigenvalue weighted by atomic mass is 10.3. The Morgan fingerprint density at radius 2 is 2.00 bits per heavy atom. The first kappa shape index (κ1) is 13.4. The smallest absolute Gasteiger partial charge is 0.149 e. The summed E-state index contributed by atoms with van der Waals surface area (Å²) in [5, 5.41) is 3.22. The summed E-state index contributed by atoms with van der Waals surface area (Å²) in [5.74, 6) is 0.149. The number of sulfone groups is 1. The molecule has 0 aromatic heterocycles. The Bertz CT molecular complexity index is 443. The normalized spacial score (nSPS) is 13.4. The molecule has 0 spiro atoms. The van der Waals surface area contributed by atoms with Gasteiger partial charge in [0.2, 0.25) is 0 Å². The summed E-state index contributed by atoms with van der Waals surface area (Å²) in [6.45, 7) is 1.87. The van der Waals surface area contributed by atoms with E-state index in [1.807, 2.05) is 37.4 Å². The summed E-state index contributed by atoms with van der Waals surface area (Å²) >= 11 is 1.64. The fourth-order valence-corrected chi connectivity index (χ4v) is 3.08. The molecular formula is C11H17NO2S2. The van der Waals surface area contributed by atoms with Gasteiger partial charge in [-0.25, -0.2) is 8.42 Å². The minimum absolute atomic E-state index is 0.0803. The minimum atomic E-state index is -2.93. The van der Waals surface area contributed by atoms with E-state index in [1.165, 1.54) is 6.26 Å².